The Hall–Kier alpha value is -2.25. The minimum absolute atomic E-state index is 0.151. The van der Waals surface area contributed by atoms with Gasteiger partial charge in [0.2, 0.25) is 5.66 Å². The summed E-state index contributed by atoms with van der Waals surface area (Å²) in [6.45, 7) is -1.05. The Morgan fingerprint density at radius 2 is 1.88 bits per heavy atom. The molecule has 0 bridgehead atoms. The maximum atomic E-state index is 14.3. The summed E-state index contributed by atoms with van der Waals surface area (Å²) in [6.07, 6.45) is -5.32. The number of halogens is 4. The number of rotatable bonds is 4. The standard InChI is InChI=1S/C18H16ClF3N2O2/c19-13-6-7-15-12(10-13)11-17(18(20,21)22,24(8-9-25)16(15)26)23-14-4-2-1-3-5-14/h1-7,10,23,25H,8-9,11H2. The van der Waals surface area contributed by atoms with Gasteiger partial charge in [-0.3, -0.25) is 4.79 Å². The molecular weight excluding hydrogens is 369 g/mol. The van der Waals surface area contributed by atoms with Crippen LogP contribution in [0.5, 0.6) is 0 Å². The van der Waals surface area contributed by atoms with E-state index in [1.165, 1.54) is 30.3 Å². The van der Waals surface area contributed by atoms with Crippen LogP contribution >= 0.6 is 11.6 Å². The van der Waals surface area contributed by atoms with Gasteiger partial charge in [-0.1, -0.05) is 29.8 Å². The van der Waals surface area contributed by atoms with Crippen molar-refractivity contribution in [2.24, 2.45) is 0 Å². The zero-order chi connectivity index (χ0) is 18.9. The van der Waals surface area contributed by atoms with Crippen molar-refractivity contribution >= 4 is 23.2 Å². The lowest BCUT2D eigenvalue weighted by atomic mass is 9.87. The molecule has 1 aliphatic rings. The van der Waals surface area contributed by atoms with E-state index in [-0.39, 0.29) is 21.8 Å². The van der Waals surface area contributed by atoms with Crippen LogP contribution < -0.4 is 5.32 Å². The molecule has 1 amide bonds. The molecule has 1 heterocycles. The largest absolute Gasteiger partial charge is 0.430 e. The van der Waals surface area contributed by atoms with Crippen LogP contribution in [0.15, 0.2) is 48.5 Å². The third-order valence-electron chi connectivity index (χ3n) is 4.37. The fourth-order valence-corrected chi connectivity index (χ4v) is 3.39. The topological polar surface area (TPSA) is 52.6 Å². The monoisotopic (exact) mass is 384 g/mol. The summed E-state index contributed by atoms with van der Waals surface area (Å²) in [5.74, 6) is -0.808. The first-order valence-electron chi connectivity index (χ1n) is 7.90. The number of anilines is 1. The Morgan fingerprint density at radius 3 is 2.50 bits per heavy atom. The number of carbonyl (C=O) groups is 1. The number of amides is 1. The fraction of sp³-hybridized carbons (Fsp3) is 0.278. The van der Waals surface area contributed by atoms with Gasteiger partial charge >= 0.3 is 6.18 Å². The lowest BCUT2D eigenvalue weighted by Crippen LogP contribution is -2.69. The van der Waals surface area contributed by atoms with Gasteiger partial charge in [0, 0.05) is 29.2 Å². The number of hydrogen-bond donors (Lipinski definition) is 2. The number of fused-ring (bicyclic) bond motifs is 1. The second kappa shape index (κ2) is 6.81. The molecule has 2 aromatic carbocycles. The molecule has 0 saturated carbocycles. The lowest BCUT2D eigenvalue weighted by molar-refractivity contribution is -0.216. The SMILES string of the molecule is O=C1c2ccc(Cl)cc2CC(Nc2ccccc2)(C(F)(F)F)N1CCO. The van der Waals surface area contributed by atoms with Crippen LogP contribution in [0.4, 0.5) is 18.9 Å². The summed E-state index contributed by atoms with van der Waals surface area (Å²) in [6, 6.07) is 12.1. The third kappa shape index (κ3) is 3.12. The van der Waals surface area contributed by atoms with Crippen molar-refractivity contribution in [3.63, 3.8) is 0 Å². The average Bonchev–Trinajstić information content (AvgIpc) is 2.58. The first kappa shape index (κ1) is 18.5. The molecule has 138 valence electrons. The zero-order valence-electron chi connectivity index (χ0n) is 13.6. The van der Waals surface area contributed by atoms with E-state index in [0.29, 0.717) is 4.90 Å². The molecule has 0 aliphatic carbocycles. The first-order valence-corrected chi connectivity index (χ1v) is 8.27. The predicted molar refractivity (Wildman–Crippen MR) is 92.1 cm³/mol. The Kier molecular flexibility index (Phi) is 4.86. The molecule has 2 aromatic rings. The number of para-hydroxylation sites is 1. The van der Waals surface area contributed by atoms with Gasteiger partial charge in [-0.25, -0.2) is 0 Å². The molecule has 0 aromatic heterocycles. The Bertz CT molecular complexity index is 814. The van der Waals surface area contributed by atoms with Crippen molar-refractivity contribution in [3.8, 4) is 0 Å². The Labute approximate surface area is 153 Å². The molecule has 0 radical (unpaired) electrons. The molecule has 3 rings (SSSR count). The van der Waals surface area contributed by atoms with E-state index in [4.69, 9.17) is 11.6 Å². The van der Waals surface area contributed by atoms with E-state index in [2.05, 4.69) is 5.32 Å². The van der Waals surface area contributed by atoms with Crippen LogP contribution in [0.1, 0.15) is 15.9 Å². The van der Waals surface area contributed by atoms with Gasteiger partial charge in [-0.2, -0.15) is 13.2 Å². The molecule has 0 saturated heterocycles. The molecule has 0 fully saturated rings. The number of aliphatic hydroxyl groups is 1. The maximum absolute atomic E-state index is 14.3. The summed E-state index contributed by atoms with van der Waals surface area (Å²) >= 11 is 5.92. The van der Waals surface area contributed by atoms with E-state index < -0.39 is 37.3 Å². The van der Waals surface area contributed by atoms with Crippen molar-refractivity contribution in [2.75, 3.05) is 18.5 Å². The van der Waals surface area contributed by atoms with E-state index >= 15 is 0 Å². The van der Waals surface area contributed by atoms with Gasteiger partial charge in [-0.15, -0.1) is 0 Å². The highest BCUT2D eigenvalue weighted by Crippen LogP contribution is 2.43. The van der Waals surface area contributed by atoms with Crippen LogP contribution in [-0.4, -0.2) is 40.9 Å². The molecule has 26 heavy (non-hydrogen) atoms. The minimum atomic E-state index is -4.80. The Balaban J connectivity index is 2.17. The number of aliphatic hydroxyl groups excluding tert-OH is 1. The second-order valence-electron chi connectivity index (χ2n) is 6.01. The minimum Gasteiger partial charge on any atom is -0.395 e. The molecule has 1 aliphatic heterocycles. The van der Waals surface area contributed by atoms with Crippen LogP contribution in [0.2, 0.25) is 5.02 Å². The molecule has 0 spiro atoms. The number of nitrogens with one attached hydrogen (secondary N) is 1. The van der Waals surface area contributed by atoms with Crippen molar-refractivity contribution in [1.29, 1.82) is 0 Å². The predicted octanol–water partition coefficient (Wildman–Crippen LogP) is 3.70. The van der Waals surface area contributed by atoms with Crippen molar-refractivity contribution in [2.45, 2.75) is 18.3 Å². The van der Waals surface area contributed by atoms with Gasteiger partial charge in [0.25, 0.3) is 5.91 Å². The second-order valence-corrected chi connectivity index (χ2v) is 6.44. The van der Waals surface area contributed by atoms with Crippen LogP contribution in [0.25, 0.3) is 0 Å². The summed E-state index contributed by atoms with van der Waals surface area (Å²) < 4.78 is 42.8. The number of β-amino-alcohol motifs (C(OH)–C–C–N with tert-alkyl or cyclic N) is 1. The van der Waals surface area contributed by atoms with Crippen molar-refractivity contribution in [3.05, 3.63) is 64.7 Å². The van der Waals surface area contributed by atoms with E-state index in [1.807, 2.05) is 0 Å². The Morgan fingerprint density at radius 1 is 1.19 bits per heavy atom. The third-order valence-corrected chi connectivity index (χ3v) is 4.60. The van der Waals surface area contributed by atoms with E-state index in [1.54, 1.807) is 18.2 Å². The van der Waals surface area contributed by atoms with E-state index in [0.717, 1.165) is 0 Å². The summed E-state index contributed by atoms with van der Waals surface area (Å²) in [5.41, 5.74) is -2.12. The summed E-state index contributed by atoms with van der Waals surface area (Å²) in [7, 11) is 0. The molecule has 1 atom stereocenters. The number of carbonyl (C=O) groups excluding carboxylic acids is 1. The first-order chi connectivity index (χ1) is 12.3. The van der Waals surface area contributed by atoms with Crippen LogP contribution in [0.3, 0.4) is 0 Å². The summed E-state index contributed by atoms with van der Waals surface area (Å²) in [5, 5.41) is 12.0. The average molecular weight is 385 g/mol. The van der Waals surface area contributed by atoms with Crippen molar-refractivity contribution in [1.82, 2.24) is 4.90 Å². The van der Waals surface area contributed by atoms with Gasteiger partial charge in [0.15, 0.2) is 0 Å². The summed E-state index contributed by atoms with van der Waals surface area (Å²) in [4.78, 5) is 13.5. The van der Waals surface area contributed by atoms with Gasteiger partial charge in [-0.05, 0) is 35.9 Å². The van der Waals surface area contributed by atoms with Gasteiger partial charge < -0.3 is 15.3 Å². The highest BCUT2D eigenvalue weighted by atomic mass is 35.5. The zero-order valence-corrected chi connectivity index (χ0v) is 14.3. The molecule has 1 unspecified atom stereocenters. The highest BCUT2D eigenvalue weighted by Gasteiger charge is 2.62. The van der Waals surface area contributed by atoms with Crippen molar-refractivity contribution < 1.29 is 23.1 Å². The quantitative estimate of drug-likeness (QED) is 0.845. The molecular formula is C18H16ClF3N2O2. The van der Waals surface area contributed by atoms with Gasteiger partial charge in [0.05, 0.1) is 6.61 Å². The number of alkyl halides is 3. The molecule has 2 N–H and O–H groups in total. The normalized spacial score (nSPS) is 20.0. The molecule has 4 nitrogen and oxygen atoms in total. The maximum Gasteiger partial charge on any atom is 0.430 e. The van der Waals surface area contributed by atoms with Crippen LogP contribution in [0, 0.1) is 0 Å². The lowest BCUT2D eigenvalue weighted by Gasteiger charge is -2.48. The number of nitrogens with zero attached hydrogens (tertiary/aromatic N) is 1. The van der Waals surface area contributed by atoms with Crippen LogP contribution in [-0.2, 0) is 6.42 Å². The fourth-order valence-electron chi connectivity index (χ4n) is 3.20. The number of benzene rings is 2. The van der Waals surface area contributed by atoms with Gasteiger partial charge in [0.1, 0.15) is 0 Å². The number of hydrogen-bond acceptors (Lipinski definition) is 3. The van der Waals surface area contributed by atoms with E-state index in [9.17, 15) is 23.1 Å². The molecule has 8 heteroatoms. The smallest absolute Gasteiger partial charge is 0.395 e. The highest BCUT2D eigenvalue weighted by molar-refractivity contribution is 6.30.